The van der Waals surface area contributed by atoms with Gasteiger partial charge in [0, 0.05) is 33.5 Å². The molecular weight excluding hydrogens is 398 g/mol. The van der Waals surface area contributed by atoms with Gasteiger partial charge in [0.05, 0.1) is 5.56 Å². The largest absolute Gasteiger partial charge is 0.452 e. The summed E-state index contributed by atoms with van der Waals surface area (Å²) in [6.07, 6.45) is 0.651. The zero-order valence-electron chi connectivity index (χ0n) is 16.1. The zero-order chi connectivity index (χ0) is 22.0. The van der Waals surface area contributed by atoms with Crippen LogP contribution >= 0.6 is 0 Å². The van der Waals surface area contributed by atoms with E-state index in [9.17, 15) is 24.0 Å². The Morgan fingerprint density at radius 1 is 0.806 bits per heavy atom. The number of nitrogens with one attached hydrogen (secondary N) is 1. The lowest BCUT2D eigenvalue weighted by Crippen LogP contribution is -2.23. The number of ketones is 2. The monoisotopic (exact) mass is 413 g/mol. The SMILES string of the molecule is O=Cc1ccc(C(=O)OCC(=O)Nc2ccc3c(c2)C(=O)c2ccccc2C3=O)cc1. The van der Waals surface area contributed by atoms with Gasteiger partial charge in [-0.2, -0.15) is 0 Å². The molecule has 0 fully saturated rings. The van der Waals surface area contributed by atoms with Crippen molar-refractivity contribution in [1.29, 1.82) is 0 Å². The molecule has 152 valence electrons. The van der Waals surface area contributed by atoms with Gasteiger partial charge in [0.1, 0.15) is 6.29 Å². The van der Waals surface area contributed by atoms with Crippen molar-refractivity contribution in [3.8, 4) is 0 Å². The van der Waals surface area contributed by atoms with Gasteiger partial charge < -0.3 is 10.1 Å². The van der Waals surface area contributed by atoms with Gasteiger partial charge in [0.25, 0.3) is 5.91 Å². The minimum atomic E-state index is -0.713. The Balaban J connectivity index is 1.43. The van der Waals surface area contributed by atoms with Crippen molar-refractivity contribution in [3.05, 3.63) is 100 Å². The van der Waals surface area contributed by atoms with E-state index in [4.69, 9.17) is 4.74 Å². The van der Waals surface area contributed by atoms with Crippen molar-refractivity contribution in [2.75, 3.05) is 11.9 Å². The highest BCUT2D eigenvalue weighted by Crippen LogP contribution is 2.29. The van der Waals surface area contributed by atoms with E-state index < -0.39 is 18.5 Å². The van der Waals surface area contributed by atoms with Crippen molar-refractivity contribution in [1.82, 2.24) is 0 Å². The number of hydrogen-bond acceptors (Lipinski definition) is 6. The fourth-order valence-electron chi connectivity index (χ4n) is 3.29. The number of carbonyl (C=O) groups excluding carboxylic acids is 5. The highest BCUT2D eigenvalue weighted by atomic mass is 16.5. The minimum Gasteiger partial charge on any atom is -0.452 e. The molecule has 0 spiro atoms. The maximum Gasteiger partial charge on any atom is 0.338 e. The van der Waals surface area contributed by atoms with Crippen LogP contribution in [0.2, 0.25) is 0 Å². The third-order valence-corrected chi connectivity index (χ3v) is 4.83. The lowest BCUT2D eigenvalue weighted by atomic mass is 9.84. The van der Waals surface area contributed by atoms with Gasteiger partial charge in [-0.25, -0.2) is 4.79 Å². The molecule has 0 aliphatic heterocycles. The Labute approximate surface area is 176 Å². The van der Waals surface area contributed by atoms with Crippen LogP contribution in [0, 0.1) is 0 Å². The summed E-state index contributed by atoms with van der Waals surface area (Å²) in [5.41, 5.74) is 2.06. The molecule has 0 unspecified atom stereocenters. The molecule has 1 amide bonds. The van der Waals surface area contributed by atoms with Crippen molar-refractivity contribution < 1.29 is 28.7 Å². The number of hydrogen-bond donors (Lipinski definition) is 1. The zero-order valence-corrected chi connectivity index (χ0v) is 16.1. The smallest absolute Gasteiger partial charge is 0.338 e. The van der Waals surface area contributed by atoms with Crippen LogP contribution in [0.3, 0.4) is 0 Å². The van der Waals surface area contributed by atoms with E-state index in [2.05, 4.69) is 5.32 Å². The molecule has 0 atom stereocenters. The second-order valence-electron chi connectivity index (χ2n) is 6.83. The van der Waals surface area contributed by atoms with Crippen LogP contribution in [0.5, 0.6) is 0 Å². The molecule has 0 radical (unpaired) electrons. The van der Waals surface area contributed by atoms with Crippen molar-refractivity contribution >= 4 is 35.4 Å². The van der Waals surface area contributed by atoms with Gasteiger partial charge in [0.15, 0.2) is 18.2 Å². The highest BCUT2D eigenvalue weighted by Gasteiger charge is 2.29. The van der Waals surface area contributed by atoms with Crippen LogP contribution in [-0.2, 0) is 9.53 Å². The number of rotatable bonds is 5. The molecule has 7 heteroatoms. The summed E-state index contributed by atoms with van der Waals surface area (Å²) in [5, 5.41) is 2.55. The average Bonchev–Trinajstić information content (AvgIpc) is 2.81. The molecule has 0 bridgehead atoms. The normalized spacial score (nSPS) is 11.9. The fourth-order valence-corrected chi connectivity index (χ4v) is 3.29. The van der Waals surface area contributed by atoms with E-state index >= 15 is 0 Å². The van der Waals surface area contributed by atoms with Gasteiger partial charge in [-0.1, -0.05) is 36.4 Å². The molecule has 0 saturated heterocycles. The van der Waals surface area contributed by atoms with Crippen molar-refractivity contribution in [3.63, 3.8) is 0 Å². The molecule has 0 heterocycles. The van der Waals surface area contributed by atoms with E-state index in [-0.39, 0.29) is 28.3 Å². The number of benzene rings is 3. The third-order valence-electron chi connectivity index (χ3n) is 4.83. The molecule has 3 aromatic carbocycles. The molecule has 1 aliphatic rings. The second-order valence-corrected chi connectivity index (χ2v) is 6.83. The van der Waals surface area contributed by atoms with E-state index in [1.165, 1.54) is 42.5 Å². The summed E-state index contributed by atoms with van der Waals surface area (Å²) in [6.45, 7) is -0.541. The number of ether oxygens (including phenoxy) is 1. The fraction of sp³-hybridized carbons (Fsp3) is 0.0417. The molecule has 4 rings (SSSR count). The van der Waals surface area contributed by atoms with Crippen molar-refractivity contribution in [2.45, 2.75) is 0 Å². The number of esters is 1. The molecule has 0 saturated carbocycles. The van der Waals surface area contributed by atoms with Gasteiger partial charge >= 0.3 is 5.97 Å². The lowest BCUT2D eigenvalue weighted by Gasteiger charge is -2.18. The Hall–Kier alpha value is -4.39. The molecule has 1 aliphatic carbocycles. The molecule has 31 heavy (non-hydrogen) atoms. The predicted molar refractivity (Wildman–Crippen MR) is 110 cm³/mol. The maximum atomic E-state index is 12.8. The number of amides is 1. The third kappa shape index (κ3) is 3.89. The minimum absolute atomic E-state index is 0.203. The summed E-state index contributed by atoms with van der Waals surface area (Å²) < 4.78 is 4.97. The van der Waals surface area contributed by atoms with Gasteiger partial charge in [-0.05, 0) is 30.3 Å². The Kier molecular flexibility index (Phi) is 5.24. The van der Waals surface area contributed by atoms with Gasteiger partial charge in [-0.15, -0.1) is 0 Å². The lowest BCUT2D eigenvalue weighted by molar-refractivity contribution is -0.119. The summed E-state index contributed by atoms with van der Waals surface area (Å²) in [4.78, 5) is 60.2. The first-order valence-corrected chi connectivity index (χ1v) is 9.32. The molecular formula is C24H15NO6. The maximum absolute atomic E-state index is 12.8. The number of aldehydes is 1. The Bertz CT molecular complexity index is 1240. The van der Waals surface area contributed by atoms with Gasteiger partial charge in [-0.3, -0.25) is 19.2 Å². The van der Waals surface area contributed by atoms with E-state index in [1.54, 1.807) is 24.3 Å². The van der Waals surface area contributed by atoms with E-state index in [0.29, 0.717) is 28.7 Å². The predicted octanol–water partition coefficient (Wildman–Crippen LogP) is 3.07. The van der Waals surface area contributed by atoms with Crippen LogP contribution in [-0.4, -0.2) is 36.3 Å². The molecule has 3 aromatic rings. The second kappa shape index (κ2) is 8.16. The Morgan fingerprint density at radius 2 is 1.42 bits per heavy atom. The average molecular weight is 413 g/mol. The van der Waals surface area contributed by atoms with Crippen LogP contribution < -0.4 is 5.32 Å². The van der Waals surface area contributed by atoms with Crippen LogP contribution in [0.1, 0.15) is 52.6 Å². The molecule has 1 N–H and O–H groups in total. The molecule has 0 aromatic heterocycles. The van der Waals surface area contributed by atoms with E-state index in [1.807, 2.05) is 0 Å². The first kappa shape index (κ1) is 19.9. The van der Waals surface area contributed by atoms with Gasteiger partial charge in [0.2, 0.25) is 0 Å². The van der Waals surface area contributed by atoms with Crippen LogP contribution in [0.4, 0.5) is 5.69 Å². The topological polar surface area (TPSA) is 107 Å². The number of carbonyl (C=O) groups is 5. The summed E-state index contributed by atoms with van der Waals surface area (Å²) >= 11 is 0. The number of fused-ring (bicyclic) bond motifs is 2. The summed E-state index contributed by atoms with van der Waals surface area (Å²) in [7, 11) is 0. The van der Waals surface area contributed by atoms with Crippen LogP contribution in [0.15, 0.2) is 66.7 Å². The Morgan fingerprint density at radius 3 is 2.06 bits per heavy atom. The summed E-state index contributed by atoms with van der Waals surface area (Å²) in [6, 6.07) is 16.8. The van der Waals surface area contributed by atoms with Crippen LogP contribution in [0.25, 0.3) is 0 Å². The summed E-state index contributed by atoms with van der Waals surface area (Å²) in [5.74, 6) is -1.87. The number of anilines is 1. The van der Waals surface area contributed by atoms with Crippen molar-refractivity contribution in [2.24, 2.45) is 0 Å². The quantitative estimate of drug-likeness (QED) is 0.398. The molecule has 7 nitrogen and oxygen atoms in total. The van der Waals surface area contributed by atoms with E-state index in [0.717, 1.165) is 0 Å². The first-order chi connectivity index (χ1) is 15.0. The highest BCUT2D eigenvalue weighted by molar-refractivity contribution is 6.28. The standard InChI is InChI=1S/C24H15NO6/c26-12-14-5-7-15(8-6-14)24(30)31-13-21(27)25-16-9-10-19-20(11-16)23(29)18-4-2-1-3-17(18)22(19)28/h1-12H,13H2,(H,25,27). The first-order valence-electron chi connectivity index (χ1n) is 9.32.